The van der Waals surface area contributed by atoms with Gasteiger partial charge in [-0.3, -0.25) is 13.7 Å². The summed E-state index contributed by atoms with van der Waals surface area (Å²) in [4.78, 5) is 11.0. The first kappa shape index (κ1) is 58.6. The number of nitrogens with one attached hydrogen (secondary N) is 5. The summed E-state index contributed by atoms with van der Waals surface area (Å²) in [6.07, 6.45) is 0. The number of rotatable bonds is 19. The summed E-state index contributed by atoms with van der Waals surface area (Å²) in [5, 5.41) is 91.5. The lowest BCUT2D eigenvalue weighted by Crippen LogP contribution is -2.21. The van der Waals surface area contributed by atoms with Gasteiger partial charge < -0.3 is 67.4 Å². The number of carbonyl (C=O) groups is 1. The third-order valence-corrected chi connectivity index (χ3v) is 11.1. The van der Waals surface area contributed by atoms with Crippen LogP contribution in [0, 0.1) is 6.92 Å². The van der Waals surface area contributed by atoms with Crippen molar-refractivity contribution in [3.63, 3.8) is 0 Å². The number of benzene rings is 5. The van der Waals surface area contributed by atoms with Gasteiger partial charge in [-0.25, -0.2) is 4.79 Å². The number of phenols is 2. The molecule has 0 atom stereocenters. The van der Waals surface area contributed by atoms with Crippen LogP contribution in [0.2, 0.25) is 0 Å². The van der Waals surface area contributed by atoms with Gasteiger partial charge in [0.15, 0.2) is 5.75 Å². The van der Waals surface area contributed by atoms with Crippen molar-refractivity contribution in [2.45, 2.75) is 21.6 Å². The molecule has 0 aliphatic carbocycles. The standard InChI is InChI=1S/C28H22N4O12S3.3C4H11NO2/c1-14-8-19(45(36,37)38)4-7-23(14)31-32-26-25(47(42,43)44)12-16-10-18(3-6-22(16)27(26)34)30-28(35)29-17-2-5-21-15(9-17)11-20(13-24(21)33)46(39,40)41;3*6-3-1-5-2-4-7/h2-13,33-34H,1H3,(H2,29,30,35)(H,36,37,38)(H,39,40,41)(H,42,43,44);3*5-7H,1-4H2. The van der Waals surface area contributed by atoms with E-state index in [4.69, 9.17) is 30.6 Å². The zero-order valence-corrected chi connectivity index (χ0v) is 38.8. The number of carbonyl (C=O) groups excluding carboxylic acids is 1. The van der Waals surface area contributed by atoms with E-state index in [2.05, 4.69) is 36.8 Å². The maximum atomic E-state index is 12.8. The molecule has 0 heterocycles. The average molecular weight is 1020 g/mol. The van der Waals surface area contributed by atoms with E-state index >= 15 is 0 Å². The summed E-state index contributed by atoms with van der Waals surface area (Å²) in [6.45, 7) is 5.70. The van der Waals surface area contributed by atoms with Gasteiger partial charge in [0.05, 0.1) is 55.1 Å². The van der Waals surface area contributed by atoms with Crippen LogP contribution >= 0.6 is 0 Å². The first-order valence-corrected chi connectivity index (χ1v) is 24.2. The number of phenolic OH excluding ortho intramolecular Hbond substituents is 2. The van der Waals surface area contributed by atoms with E-state index < -0.39 is 68.3 Å². The first-order valence-electron chi connectivity index (χ1n) is 19.9. The highest BCUT2D eigenvalue weighted by molar-refractivity contribution is 7.86. The molecule has 0 aliphatic heterocycles. The molecule has 376 valence electrons. The molecule has 0 bridgehead atoms. The van der Waals surface area contributed by atoms with E-state index in [9.17, 15) is 53.9 Å². The third-order valence-electron chi connectivity index (χ3n) is 8.50. The lowest BCUT2D eigenvalue weighted by Gasteiger charge is -2.12. The van der Waals surface area contributed by atoms with E-state index in [1.54, 1.807) is 0 Å². The van der Waals surface area contributed by atoms with E-state index in [-0.39, 0.29) is 83.8 Å². The third kappa shape index (κ3) is 19.6. The second-order valence-electron chi connectivity index (χ2n) is 13.6. The Bertz CT molecular complexity index is 2760. The first-order chi connectivity index (χ1) is 32.0. The van der Waals surface area contributed by atoms with Gasteiger partial charge in [-0.1, -0.05) is 0 Å². The van der Waals surface area contributed by atoms with Crippen molar-refractivity contribution in [2.75, 3.05) is 89.5 Å². The van der Waals surface area contributed by atoms with Crippen LogP contribution in [-0.2, 0) is 30.4 Å². The number of anilines is 2. The van der Waals surface area contributed by atoms with Gasteiger partial charge in [-0.2, -0.15) is 30.4 Å². The van der Waals surface area contributed by atoms with Gasteiger partial charge in [-0.05, 0) is 90.0 Å². The monoisotopic (exact) mass is 1020 g/mol. The predicted molar refractivity (Wildman–Crippen MR) is 250 cm³/mol. The molecule has 5 aromatic carbocycles. The minimum Gasteiger partial charge on any atom is -0.507 e. The van der Waals surface area contributed by atoms with Crippen molar-refractivity contribution >= 4 is 80.7 Å². The summed E-state index contributed by atoms with van der Waals surface area (Å²) in [6, 6.07) is 13.7. The SMILES string of the molecule is Cc1cc(S(=O)(=O)O)ccc1N=Nc1c(S(=O)(=O)O)cc2cc(NC(=O)Nc3ccc4c(O)cc(S(=O)(=O)O)cc4c3)ccc2c1O.OCCNCCO.OCCNCCO.OCCNCCO. The molecule has 68 heavy (non-hydrogen) atoms. The Morgan fingerprint density at radius 1 is 0.515 bits per heavy atom. The molecule has 0 spiro atoms. The molecule has 0 aliphatic rings. The summed E-state index contributed by atoms with van der Waals surface area (Å²) < 4.78 is 98.7. The number of amides is 2. The highest BCUT2D eigenvalue weighted by atomic mass is 32.2. The topological polar surface area (TPSA) is 427 Å². The summed E-state index contributed by atoms with van der Waals surface area (Å²) in [5.41, 5.74) is -0.0446. The molecule has 5 aromatic rings. The van der Waals surface area contributed by atoms with Gasteiger partial charge in [-0.15, -0.1) is 5.11 Å². The van der Waals surface area contributed by atoms with Crippen molar-refractivity contribution in [3.8, 4) is 11.5 Å². The smallest absolute Gasteiger partial charge is 0.323 e. The normalized spacial score (nSPS) is 11.6. The molecule has 0 saturated heterocycles. The minimum atomic E-state index is -4.99. The fourth-order valence-corrected chi connectivity index (χ4v) is 7.18. The van der Waals surface area contributed by atoms with Gasteiger partial charge in [0.2, 0.25) is 0 Å². The Kier molecular flexibility index (Phi) is 24.7. The summed E-state index contributed by atoms with van der Waals surface area (Å²) >= 11 is 0. The summed E-state index contributed by atoms with van der Waals surface area (Å²) in [5.74, 6) is -1.10. The molecule has 0 saturated carbocycles. The van der Waals surface area contributed by atoms with Gasteiger partial charge in [0.25, 0.3) is 30.4 Å². The molecule has 0 fully saturated rings. The number of urea groups is 1. The van der Waals surface area contributed by atoms with Crippen LogP contribution in [0.25, 0.3) is 21.5 Å². The largest absolute Gasteiger partial charge is 0.507 e. The quantitative estimate of drug-likeness (QED) is 0.0314. The average Bonchev–Trinajstić information content (AvgIpc) is 3.26. The Morgan fingerprint density at radius 2 is 0.956 bits per heavy atom. The minimum absolute atomic E-state index is 0.0551. The lowest BCUT2D eigenvalue weighted by atomic mass is 10.1. The molecule has 25 nitrogen and oxygen atoms in total. The number of nitrogens with zero attached hydrogens (tertiary/aromatic N) is 2. The highest BCUT2D eigenvalue weighted by Gasteiger charge is 2.23. The number of aromatic hydroxyl groups is 2. The molecule has 5 rings (SSSR count). The number of aryl methyl sites for hydroxylation is 1. The second-order valence-corrected chi connectivity index (χ2v) is 17.9. The highest BCUT2D eigenvalue weighted by Crippen LogP contribution is 2.42. The summed E-state index contributed by atoms with van der Waals surface area (Å²) in [7, 11) is -14.1. The molecule has 0 radical (unpaired) electrons. The van der Waals surface area contributed by atoms with Crippen molar-refractivity contribution in [1.82, 2.24) is 16.0 Å². The number of hydrogen-bond donors (Lipinski definition) is 16. The van der Waals surface area contributed by atoms with Crippen LogP contribution in [-0.4, -0.2) is 165 Å². The van der Waals surface area contributed by atoms with Crippen molar-refractivity contribution < 1.29 is 84.6 Å². The molecular weight excluding hydrogens is 963 g/mol. The Labute approximate surface area is 391 Å². The second kappa shape index (κ2) is 28.7. The fourth-order valence-electron chi connectivity index (χ4n) is 5.42. The number of aliphatic hydroxyl groups excluding tert-OH is 6. The molecule has 2 amide bonds. The zero-order valence-electron chi connectivity index (χ0n) is 36.3. The van der Waals surface area contributed by atoms with Crippen LogP contribution in [0.1, 0.15) is 5.56 Å². The molecule has 28 heteroatoms. The van der Waals surface area contributed by atoms with E-state index in [1.165, 1.54) is 49.4 Å². The van der Waals surface area contributed by atoms with Crippen LogP contribution in [0.5, 0.6) is 11.5 Å². The van der Waals surface area contributed by atoms with Gasteiger partial charge in [0.1, 0.15) is 16.3 Å². The van der Waals surface area contributed by atoms with Crippen LogP contribution in [0.4, 0.5) is 27.5 Å². The number of fused-ring (bicyclic) bond motifs is 2. The number of hydrogen-bond acceptors (Lipinski definition) is 20. The van der Waals surface area contributed by atoms with Gasteiger partial charge >= 0.3 is 6.03 Å². The zero-order chi connectivity index (χ0) is 51.1. The molecule has 16 N–H and O–H groups in total. The fraction of sp³-hybridized carbons (Fsp3) is 0.325. The predicted octanol–water partition coefficient (Wildman–Crippen LogP) is 1.19. The van der Waals surface area contributed by atoms with Crippen LogP contribution in [0.3, 0.4) is 0 Å². The molecule has 0 aromatic heterocycles. The maximum absolute atomic E-state index is 12.8. The molecule has 0 unspecified atom stereocenters. The van der Waals surface area contributed by atoms with Crippen LogP contribution in [0.15, 0.2) is 97.7 Å². The van der Waals surface area contributed by atoms with Gasteiger partial charge in [0, 0.05) is 67.5 Å². The van der Waals surface area contributed by atoms with E-state index in [1.807, 2.05) is 0 Å². The van der Waals surface area contributed by atoms with E-state index in [0.29, 0.717) is 39.3 Å². The Morgan fingerprint density at radius 3 is 1.37 bits per heavy atom. The van der Waals surface area contributed by atoms with E-state index in [0.717, 1.165) is 30.3 Å². The van der Waals surface area contributed by atoms with Crippen molar-refractivity contribution in [3.05, 3.63) is 78.4 Å². The Hall–Kier alpha value is -5.54. The Balaban J connectivity index is 0.000000626. The van der Waals surface area contributed by atoms with Crippen LogP contribution < -0.4 is 26.6 Å². The molecular formula is C40H55N7O18S3. The number of azo groups is 1. The van der Waals surface area contributed by atoms with Crippen molar-refractivity contribution in [2.24, 2.45) is 10.2 Å². The lowest BCUT2D eigenvalue weighted by molar-refractivity contribution is 0.262. The van der Waals surface area contributed by atoms with Crippen molar-refractivity contribution in [1.29, 1.82) is 0 Å². The number of aliphatic hydroxyl groups is 6. The maximum Gasteiger partial charge on any atom is 0.323 e.